The third-order valence-electron chi connectivity index (χ3n) is 1.99. The summed E-state index contributed by atoms with van der Waals surface area (Å²) in [5.41, 5.74) is 0. The van der Waals surface area contributed by atoms with Crippen molar-refractivity contribution in [2.75, 3.05) is 0 Å². The molecule has 108 valence electrons. The highest BCUT2D eigenvalue weighted by Gasteiger charge is 2.14. The Bertz CT molecular complexity index is 303. The van der Waals surface area contributed by atoms with Gasteiger partial charge in [-0.05, 0) is 12.8 Å². The van der Waals surface area contributed by atoms with Crippen LogP contribution in [-0.4, -0.2) is 23.5 Å². The normalized spacial score (nSPS) is 9.79. The van der Waals surface area contributed by atoms with Crippen molar-refractivity contribution in [3.05, 3.63) is 0 Å². The molecular formula is C12H18O7. The van der Waals surface area contributed by atoms with Crippen LogP contribution < -0.4 is 0 Å². The van der Waals surface area contributed by atoms with Gasteiger partial charge in [0, 0.05) is 17.9 Å². The lowest BCUT2D eigenvalue weighted by Crippen LogP contribution is -2.15. The molecular weight excluding hydrogens is 256 g/mol. The van der Waals surface area contributed by atoms with Crippen LogP contribution in [0.25, 0.3) is 0 Å². The van der Waals surface area contributed by atoms with Gasteiger partial charge in [0.1, 0.15) is 24.4 Å². The molecule has 0 bridgehead atoms. The van der Waals surface area contributed by atoms with E-state index in [1.807, 2.05) is 0 Å². The van der Waals surface area contributed by atoms with E-state index in [9.17, 15) is 19.2 Å². The summed E-state index contributed by atoms with van der Waals surface area (Å²) >= 11 is 0. The quantitative estimate of drug-likeness (QED) is 0.338. The van der Waals surface area contributed by atoms with Crippen LogP contribution in [0.1, 0.15) is 52.4 Å². The van der Waals surface area contributed by atoms with E-state index in [4.69, 9.17) is 0 Å². The first-order valence-electron chi connectivity index (χ1n) is 6.09. The fourth-order valence-electron chi connectivity index (χ4n) is 1.21. The maximum Gasteiger partial charge on any atom is 0.354 e. The molecule has 0 spiro atoms. The molecule has 0 saturated carbocycles. The van der Waals surface area contributed by atoms with E-state index in [0.29, 0.717) is 12.8 Å². The summed E-state index contributed by atoms with van der Waals surface area (Å²) in [5, 5.41) is 3.91. The van der Waals surface area contributed by atoms with Crippen molar-refractivity contribution in [2.24, 2.45) is 0 Å². The molecule has 7 nitrogen and oxygen atoms in total. The maximum atomic E-state index is 11.1. The van der Waals surface area contributed by atoms with E-state index >= 15 is 0 Å². The Hall–Kier alpha value is -1.76. The number of ketones is 2. The molecule has 0 aliphatic rings. The molecule has 0 aliphatic carbocycles. The number of carbonyl (C=O) groups is 4. The fourth-order valence-corrected chi connectivity index (χ4v) is 1.21. The first kappa shape index (κ1) is 17.2. The van der Waals surface area contributed by atoms with Crippen LogP contribution in [0.5, 0.6) is 0 Å². The summed E-state index contributed by atoms with van der Waals surface area (Å²) in [6, 6.07) is 0. The van der Waals surface area contributed by atoms with Crippen LogP contribution in [0.3, 0.4) is 0 Å². The Morgan fingerprint density at radius 2 is 1.11 bits per heavy atom. The Labute approximate surface area is 111 Å². The predicted molar refractivity (Wildman–Crippen MR) is 62.3 cm³/mol. The lowest BCUT2D eigenvalue weighted by atomic mass is 10.2. The summed E-state index contributed by atoms with van der Waals surface area (Å²) in [4.78, 5) is 52.2. The van der Waals surface area contributed by atoms with Crippen molar-refractivity contribution in [3.63, 3.8) is 0 Å². The van der Waals surface area contributed by atoms with Crippen molar-refractivity contribution in [1.29, 1.82) is 0 Å². The van der Waals surface area contributed by atoms with Crippen LogP contribution in [0.15, 0.2) is 0 Å². The Kier molecular flexibility index (Phi) is 9.25. The van der Waals surface area contributed by atoms with E-state index in [0.717, 1.165) is 0 Å². The van der Waals surface area contributed by atoms with E-state index in [1.165, 1.54) is 0 Å². The van der Waals surface area contributed by atoms with Gasteiger partial charge in [0.2, 0.25) is 0 Å². The molecule has 0 aromatic carbocycles. The predicted octanol–water partition coefficient (Wildman–Crippen LogP) is 1.44. The first-order chi connectivity index (χ1) is 8.99. The molecule has 19 heavy (non-hydrogen) atoms. The molecule has 0 heterocycles. The molecule has 0 rings (SSSR count). The Balaban J connectivity index is 3.72. The van der Waals surface area contributed by atoms with Gasteiger partial charge < -0.3 is 0 Å². The van der Waals surface area contributed by atoms with Crippen molar-refractivity contribution in [1.82, 2.24) is 0 Å². The molecule has 0 fully saturated rings. The van der Waals surface area contributed by atoms with Gasteiger partial charge in [-0.15, -0.1) is 0 Å². The third-order valence-corrected chi connectivity index (χ3v) is 1.99. The lowest BCUT2D eigenvalue weighted by Gasteiger charge is -2.01. The van der Waals surface area contributed by atoms with Crippen molar-refractivity contribution in [3.8, 4) is 0 Å². The zero-order chi connectivity index (χ0) is 14.7. The maximum absolute atomic E-state index is 11.1. The minimum atomic E-state index is -0.953. The van der Waals surface area contributed by atoms with Crippen LogP contribution >= 0.6 is 0 Å². The molecule has 0 N–H and O–H groups in total. The molecule has 0 aromatic rings. The number of carbonyl (C=O) groups excluding carboxylic acids is 4. The van der Waals surface area contributed by atoms with Crippen LogP contribution in [0.4, 0.5) is 0 Å². The number of hydrogen-bond acceptors (Lipinski definition) is 7. The van der Waals surface area contributed by atoms with Gasteiger partial charge in [0.15, 0.2) is 0 Å². The minimum absolute atomic E-state index is 0.264. The van der Waals surface area contributed by atoms with Gasteiger partial charge in [0.25, 0.3) is 0 Å². The second-order valence-corrected chi connectivity index (χ2v) is 3.91. The van der Waals surface area contributed by atoms with Crippen molar-refractivity contribution >= 4 is 23.5 Å². The fraction of sp³-hybridized carbons (Fsp3) is 0.667. The van der Waals surface area contributed by atoms with Crippen molar-refractivity contribution in [2.45, 2.75) is 52.4 Å². The highest BCUT2D eigenvalue weighted by atomic mass is 17.5. The third kappa shape index (κ3) is 9.90. The van der Waals surface area contributed by atoms with Gasteiger partial charge in [-0.2, -0.15) is 0 Å². The number of hydrogen-bond donors (Lipinski definition) is 0. The molecule has 7 heteroatoms. The molecule has 0 amide bonds. The Morgan fingerprint density at radius 3 is 1.42 bits per heavy atom. The van der Waals surface area contributed by atoms with Crippen molar-refractivity contribution < 1.29 is 34.0 Å². The zero-order valence-electron chi connectivity index (χ0n) is 11.1. The molecule has 0 unspecified atom stereocenters. The second-order valence-electron chi connectivity index (χ2n) is 3.91. The summed E-state index contributed by atoms with van der Waals surface area (Å²) in [5.74, 6) is -2.49. The average Bonchev–Trinajstić information content (AvgIpc) is 2.28. The van der Waals surface area contributed by atoms with Gasteiger partial charge in [-0.25, -0.2) is 9.59 Å². The largest absolute Gasteiger partial charge is 0.354 e. The lowest BCUT2D eigenvalue weighted by molar-refractivity contribution is -0.458. The van der Waals surface area contributed by atoms with Crippen LogP contribution in [0.2, 0.25) is 0 Å². The molecule has 0 aromatic heterocycles. The first-order valence-corrected chi connectivity index (χ1v) is 6.09. The molecule has 0 saturated heterocycles. The van der Waals surface area contributed by atoms with Crippen LogP contribution in [-0.2, 0) is 34.0 Å². The topological polar surface area (TPSA) is 96.0 Å². The highest BCUT2D eigenvalue weighted by Crippen LogP contribution is 1.99. The molecule has 0 atom stereocenters. The minimum Gasteiger partial charge on any atom is -0.299 e. The SMILES string of the molecule is CCCC(=O)CC(=O)OOOC(=O)CC(=O)CCC. The van der Waals surface area contributed by atoms with E-state index in [-0.39, 0.29) is 24.4 Å². The van der Waals surface area contributed by atoms with E-state index in [1.54, 1.807) is 13.8 Å². The summed E-state index contributed by atoms with van der Waals surface area (Å²) in [6.07, 6.45) is 0.893. The molecule has 0 aliphatic heterocycles. The van der Waals surface area contributed by atoms with Gasteiger partial charge in [-0.1, -0.05) is 13.8 Å². The molecule has 0 radical (unpaired) electrons. The smallest absolute Gasteiger partial charge is 0.299 e. The second kappa shape index (κ2) is 10.2. The summed E-state index contributed by atoms with van der Waals surface area (Å²) in [7, 11) is 0. The average molecular weight is 274 g/mol. The van der Waals surface area contributed by atoms with Crippen LogP contribution in [0, 0.1) is 0 Å². The standard InChI is InChI=1S/C12H18O7/c1-3-5-9(13)7-11(15)17-19-18-12(16)8-10(14)6-4-2/h3-8H2,1-2H3. The highest BCUT2D eigenvalue weighted by molar-refractivity contribution is 5.96. The van der Waals surface area contributed by atoms with Gasteiger partial charge in [0.05, 0.1) is 0 Å². The summed E-state index contributed by atoms with van der Waals surface area (Å²) < 4.78 is 0. The summed E-state index contributed by atoms with van der Waals surface area (Å²) in [6.45, 7) is 3.60. The number of Topliss-reactive ketones (excluding diaryl/α,β-unsaturated/α-hetero) is 2. The van der Waals surface area contributed by atoms with Gasteiger partial charge in [-0.3, -0.25) is 19.4 Å². The number of rotatable bonds is 10. The Morgan fingerprint density at radius 1 is 0.737 bits per heavy atom. The van der Waals surface area contributed by atoms with E-state index < -0.39 is 24.8 Å². The zero-order valence-corrected chi connectivity index (χ0v) is 11.1. The monoisotopic (exact) mass is 274 g/mol. The van der Waals surface area contributed by atoms with Gasteiger partial charge >= 0.3 is 11.9 Å². The van der Waals surface area contributed by atoms with E-state index in [2.05, 4.69) is 14.8 Å².